The molecule has 1 aliphatic heterocycles. The Bertz CT molecular complexity index is 608. The number of nitrogens with one attached hydrogen (secondary N) is 3. The Kier molecular flexibility index (Phi) is 4.60. The number of hydrogen-bond acceptors (Lipinski definition) is 5. The van der Waals surface area contributed by atoms with Crippen LogP contribution in [0.25, 0.3) is 0 Å². The molecule has 1 aliphatic rings. The molecule has 0 radical (unpaired) electrons. The molecule has 1 aromatic carbocycles. The molecular weight excluding hydrogens is 278 g/mol. The highest BCUT2D eigenvalue weighted by Gasteiger charge is 2.16. The van der Waals surface area contributed by atoms with Gasteiger partial charge in [0.15, 0.2) is 0 Å². The Balaban J connectivity index is 1.59. The van der Waals surface area contributed by atoms with Crippen LogP contribution < -0.4 is 16.0 Å². The molecule has 0 spiro atoms. The average Bonchev–Trinajstić information content (AvgIpc) is 2.57. The number of benzene rings is 1. The zero-order valence-corrected chi connectivity index (χ0v) is 12.2. The summed E-state index contributed by atoms with van der Waals surface area (Å²) in [6.45, 7) is 1.84. The second kappa shape index (κ2) is 7.00. The van der Waals surface area contributed by atoms with Crippen molar-refractivity contribution in [3.8, 4) is 0 Å². The summed E-state index contributed by atoms with van der Waals surface area (Å²) in [5.74, 6) is 0.349. The lowest BCUT2D eigenvalue weighted by Gasteiger charge is -2.23. The predicted octanol–water partition coefficient (Wildman–Crippen LogP) is 1.70. The highest BCUT2D eigenvalue weighted by atomic mass is 16.1. The summed E-state index contributed by atoms with van der Waals surface area (Å²) in [4.78, 5) is 20.5. The van der Waals surface area contributed by atoms with Gasteiger partial charge < -0.3 is 16.0 Å². The van der Waals surface area contributed by atoms with E-state index >= 15 is 0 Å². The maximum Gasteiger partial charge on any atom is 0.254 e. The molecule has 0 saturated carbocycles. The third-order valence-electron chi connectivity index (χ3n) is 3.58. The van der Waals surface area contributed by atoms with Crippen LogP contribution in [-0.2, 0) is 0 Å². The van der Waals surface area contributed by atoms with E-state index in [2.05, 4.69) is 25.9 Å². The summed E-state index contributed by atoms with van der Waals surface area (Å²) in [5, 5.41) is 9.36. The molecule has 1 aromatic heterocycles. The lowest BCUT2D eigenvalue weighted by Crippen LogP contribution is -2.45. The van der Waals surface area contributed by atoms with Crippen LogP contribution in [0, 0.1) is 0 Å². The van der Waals surface area contributed by atoms with Crippen LogP contribution in [0.2, 0.25) is 0 Å². The standard InChI is InChI=1S/C16H19N5O/c22-15(20-14-7-4-8-17-11-14)12-9-18-16(19-10-12)21-13-5-2-1-3-6-13/h1-3,5-6,9-10,14,17H,4,7-8,11H2,(H,20,22)(H,18,19,21)/t14-/m1/s1. The van der Waals surface area contributed by atoms with E-state index in [1.807, 2.05) is 30.3 Å². The number of amides is 1. The second-order valence-electron chi connectivity index (χ2n) is 5.30. The largest absolute Gasteiger partial charge is 0.348 e. The lowest BCUT2D eigenvalue weighted by molar-refractivity contribution is 0.0930. The summed E-state index contributed by atoms with van der Waals surface area (Å²) < 4.78 is 0. The molecule has 1 amide bonds. The molecule has 3 rings (SSSR count). The quantitative estimate of drug-likeness (QED) is 0.800. The van der Waals surface area contributed by atoms with E-state index in [0.717, 1.165) is 31.6 Å². The minimum absolute atomic E-state index is 0.125. The van der Waals surface area contributed by atoms with Gasteiger partial charge in [-0.05, 0) is 31.5 Å². The van der Waals surface area contributed by atoms with E-state index in [1.165, 1.54) is 0 Å². The molecule has 114 valence electrons. The van der Waals surface area contributed by atoms with Gasteiger partial charge in [0, 0.05) is 30.7 Å². The van der Waals surface area contributed by atoms with Gasteiger partial charge in [-0.25, -0.2) is 9.97 Å². The zero-order valence-electron chi connectivity index (χ0n) is 12.2. The number of carbonyl (C=O) groups is 1. The van der Waals surface area contributed by atoms with Gasteiger partial charge in [-0.1, -0.05) is 18.2 Å². The highest BCUT2D eigenvalue weighted by Crippen LogP contribution is 2.11. The first-order valence-electron chi connectivity index (χ1n) is 7.47. The van der Waals surface area contributed by atoms with E-state index in [4.69, 9.17) is 0 Å². The number of hydrogen-bond donors (Lipinski definition) is 3. The van der Waals surface area contributed by atoms with E-state index < -0.39 is 0 Å². The number of anilines is 2. The summed E-state index contributed by atoms with van der Waals surface area (Å²) in [7, 11) is 0. The van der Waals surface area contributed by atoms with Crippen molar-refractivity contribution in [2.45, 2.75) is 18.9 Å². The summed E-state index contributed by atoms with van der Waals surface area (Å²) in [5.41, 5.74) is 1.39. The third kappa shape index (κ3) is 3.79. The predicted molar refractivity (Wildman–Crippen MR) is 85.1 cm³/mol. The second-order valence-corrected chi connectivity index (χ2v) is 5.30. The number of nitrogens with zero attached hydrogens (tertiary/aromatic N) is 2. The molecule has 2 heterocycles. The first-order chi connectivity index (χ1) is 10.8. The SMILES string of the molecule is O=C(N[C@@H]1CCCNC1)c1cnc(Nc2ccccc2)nc1. The Morgan fingerprint density at radius 2 is 1.95 bits per heavy atom. The fraction of sp³-hybridized carbons (Fsp3) is 0.312. The molecule has 1 atom stereocenters. The number of carbonyl (C=O) groups excluding carboxylic acids is 1. The Morgan fingerprint density at radius 3 is 2.64 bits per heavy atom. The lowest BCUT2D eigenvalue weighted by atomic mass is 10.1. The van der Waals surface area contributed by atoms with Crippen molar-refractivity contribution >= 4 is 17.5 Å². The van der Waals surface area contributed by atoms with E-state index in [-0.39, 0.29) is 11.9 Å². The first kappa shape index (κ1) is 14.5. The molecule has 1 fully saturated rings. The van der Waals surface area contributed by atoms with Crippen molar-refractivity contribution in [1.82, 2.24) is 20.6 Å². The molecule has 3 N–H and O–H groups in total. The van der Waals surface area contributed by atoms with Gasteiger partial charge in [0.05, 0.1) is 5.56 Å². The van der Waals surface area contributed by atoms with Gasteiger partial charge in [-0.3, -0.25) is 4.79 Å². The molecule has 1 saturated heterocycles. The Morgan fingerprint density at radius 1 is 1.18 bits per heavy atom. The molecule has 0 aliphatic carbocycles. The first-order valence-corrected chi connectivity index (χ1v) is 7.47. The van der Waals surface area contributed by atoms with Gasteiger partial charge in [0.25, 0.3) is 5.91 Å². The minimum atomic E-state index is -0.125. The van der Waals surface area contributed by atoms with Crippen LogP contribution in [0.15, 0.2) is 42.7 Å². The fourth-order valence-corrected chi connectivity index (χ4v) is 2.40. The van der Waals surface area contributed by atoms with Crippen molar-refractivity contribution in [3.05, 3.63) is 48.3 Å². The molecule has 6 nitrogen and oxygen atoms in total. The van der Waals surface area contributed by atoms with Crippen molar-refractivity contribution in [2.75, 3.05) is 18.4 Å². The fourth-order valence-electron chi connectivity index (χ4n) is 2.40. The molecule has 0 unspecified atom stereocenters. The van der Waals surface area contributed by atoms with Crippen LogP contribution in [-0.4, -0.2) is 35.0 Å². The van der Waals surface area contributed by atoms with Crippen LogP contribution in [0.1, 0.15) is 23.2 Å². The summed E-state index contributed by atoms with van der Waals surface area (Å²) in [6, 6.07) is 9.85. The van der Waals surface area contributed by atoms with E-state index in [0.29, 0.717) is 11.5 Å². The third-order valence-corrected chi connectivity index (χ3v) is 3.58. The maximum absolute atomic E-state index is 12.1. The van der Waals surface area contributed by atoms with Gasteiger partial charge >= 0.3 is 0 Å². The zero-order chi connectivity index (χ0) is 15.2. The van der Waals surface area contributed by atoms with Crippen LogP contribution in [0.3, 0.4) is 0 Å². The number of rotatable bonds is 4. The van der Waals surface area contributed by atoms with Crippen molar-refractivity contribution < 1.29 is 4.79 Å². The van der Waals surface area contributed by atoms with Crippen LogP contribution in [0.4, 0.5) is 11.6 Å². The molecule has 2 aromatic rings. The molecular formula is C16H19N5O. The highest BCUT2D eigenvalue weighted by molar-refractivity contribution is 5.93. The maximum atomic E-state index is 12.1. The monoisotopic (exact) mass is 297 g/mol. The van der Waals surface area contributed by atoms with Gasteiger partial charge in [0.1, 0.15) is 0 Å². The smallest absolute Gasteiger partial charge is 0.254 e. The Hall–Kier alpha value is -2.47. The van der Waals surface area contributed by atoms with E-state index in [1.54, 1.807) is 12.4 Å². The minimum Gasteiger partial charge on any atom is -0.348 e. The van der Waals surface area contributed by atoms with Gasteiger partial charge in [0.2, 0.25) is 5.95 Å². The summed E-state index contributed by atoms with van der Waals surface area (Å²) >= 11 is 0. The van der Waals surface area contributed by atoms with E-state index in [9.17, 15) is 4.79 Å². The molecule has 0 bridgehead atoms. The normalized spacial score (nSPS) is 17.7. The van der Waals surface area contributed by atoms with Gasteiger partial charge in [-0.15, -0.1) is 0 Å². The molecule has 22 heavy (non-hydrogen) atoms. The number of piperidine rings is 1. The Labute approximate surface area is 129 Å². The summed E-state index contributed by atoms with van der Waals surface area (Å²) in [6.07, 6.45) is 5.18. The molecule has 6 heteroatoms. The number of aromatic nitrogens is 2. The topological polar surface area (TPSA) is 78.9 Å². The average molecular weight is 297 g/mol. The van der Waals surface area contributed by atoms with Crippen LogP contribution in [0.5, 0.6) is 0 Å². The van der Waals surface area contributed by atoms with Crippen molar-refractivity contribution in [3.63, 3.8) is 0 Å². The van der Waals surface area contributed by atoms with Crippen molar-refractivity contribution in [1.29, 1.82) is 0 Å². The van der Waals surface area contributed by atoms with Crippen molar-refractivity contribution in [2.24, 2.45) is 0 Å². The number of para-hydroxylation sites is 1. The van der Waals surface area contributed by atoms with Crippen LogP contribution >= 0.6 is 0 Å². The van der Waals surface area contributed by atoms with Gasteiger partial charge in [-0.2, -0.15) is 0 Å².